The average Bonchev–Trinajstić information content (AvgIpc) is 3.15. The molecule has 1 saturated heterocycles. The Hall–Kier alpha value is -2.62. The summed E-state index contributed by atoms with van der Waals surface area (Å²) in [5, 5.41) is 19.9. The molecule has 1 fully saturated rings. The van der Waals surface area contributed by atoms with Crippen LogP contribution in [0, 0.1) is 5.82 Å². The molecule has 136 valence electrons. The number of aliphatic hydroxyl groups is 2. The van der Waals surface area contributed by atoms with Crippen LogP contribution in [0.25, 0.3) is 22.2 Å². The summed E-state index contributed by atoms with van der Waals surface area (Å²) in [5.41, 5.74) is 7.58. The minimum atomic E-state index is -1.74. The van der Waals surface area contributed by atoms with Crippen LogP contribution in [0.4, 0.5) is 14.6 Å². The molecule has 0 saturated carbocycles. The van der Waals surface area contributed by atoms with Crippen LogP contribution < -0.4 is 5.73 Å². The molecule has 0 aliphatic carbocycles. The molecule has 3 aromatic rings. The molecule has 7 nitrogen and oxygen atoms in total. The fourth-order valence-electron chi connectivity index (χ4n) is 3.24. The Kier molecular flexibility index (Phi) is 4.06. The fourth-order valence-corrected chi connectivity index (χ4v) is 3.24. The summed E-state index contributed by atoms with van der Waals surface area (Å²) in [4.78, 5) is 8.16. The van der Waals surface area contributed by atoms with Crippen molar-refractivity contribution >= 4 is 16.9 Å². The van der Waals surface area contributed by atoms with Crippen LogP contribution in [-0.2, 0) is 4.74 Å². The molecule has 4 N–H and O–H groups in total. The smallest absolute Gasteiger partial charge is 0.164 e. The van der Waals surface area contributed by atoms with Crippen molar-refractivity contribution < 1.29 is 23.7 Å². The molecule has 0 unspecified atom stereocenters. The minimum Gasteiger partial charge on any atom is -0.394 e. The van der Waals surface area contributed by atoms with Gasteiger partial charge in [0.15, 0.2) is 12.4 Å². The predicted molar refractivity (Wildman–Crippen MR) is 89.2 cm³/mol. The van der Waals surface area contributed by atoms with Gasteiger partial charge in [-0.2, -0.15) is 0 Å². The first kappa shape index (κ1) is 16.8. The number of hydrogen-bond acceptors (Lipinski definition) is 6. The van der Waals surface area contributed by atoms with Crippen molar-refractivity contribution in [1.29, 1.82) is 0 Å². The molecule has 2 aromatic heterocycles. The molecule has 1 aliphatic rings. The summed E-state index contributed by atoms with van der Waals surface area (Å²) in [6, 6.07) is 5.75. The summed E-state index contributed by atoms with van der Waals surface area (Å²) in [6.45, 7) is -0.560. The summed E-state index contributed by atoms with van der Waals surface area (Å²) in [7, 11) is 0. The number of aromatic nitrogens is 3. The van der Waals surface area contributed by atoms with Crippen molar-refractivity contribution in [2.45, 2.75) is 24.6 Å². The Labute approximate surface area is 146 Å². The maximum absolute atomic E-state index is 14.1. The van der Waals surface area contributed by atoms with Gasteiger partial charge < -0.3 is 25.3 Å². The Bertz CT molecular complexity index is 947. The van der Waals surface area contributed by atoms with E-state index in [1.165, 1.54) is 23.0 Å². The van der Waals surface area contributed by atoms with Crippen LogP contribution in [0.2, 0.25) is 0 Å². The largest absolute Gasteiger partial charge is 0.394 e. The lowest BCUT2D eigenvalue weighted by atomic mass is 10.1. The van der Waals surface area contributed by atoms with Gasteiger partial charge in [0.1, 0.15) is 35.8 Å². The average molecular weight is 362 g/mol. The predicted octanol–water partition coefficient (Wildman–Crippen LogP) is 1.41. The highest BCUT2D eigenvalue weighted by atomic mass is 19.1. The maximum atomic E-state index is 14.1. The Morgan fingerprint density at radius 3 is 2.62 bits per heavy atom. The van der Waals surface area contributed by atoms with E-state index in [1.54, 1.807) is 18.3 Å². The number of rotatable bonds is 3. The molecule has 1 aromatic carbocycles. The lowest BCUT2D eigenvalue weighted by molar-refractivity contribution is -0.0492. The third kappa shape index (κ3) is 2.52. The van der Waals surface area contributed by atoms with E-state index in [4.69, 9.17) is 10.5 Å². The normalized spacial score (nSPS) is 25.8. The lowest BCUT2D eigenvalue weighted by Crippen LogP contribution is -2.29. The number of hydrogen-bond donors (Lipinski definition) is 3. The highest BCUT2D eigenvalue weighted by Gasteiger charge is 2.45. The van der Waals surface area contributed by atoms with Crippen LogP contribution >= 0.6 is 0 Å². The van der Waals surface area contributed by atoms with E-state index in [0.29, 0.717) is 22.2 Å². The molecule has 0 bridgehead atoms. The molecule has 0 radical (unpaired) electrons. The van der Waals surface area contributed by atoms with Gasteiger partial charge >= 0.3 is 0 Å². The zero-order valence-electron chi connectivity index (χ0n) is 13.5. The number of nitrogens with zero attached hydrogens (tertiary/aromatic N) is 3. The van der Waals surface area contributed by atoms with E-state index in [9.17, 15) is 19.0 Å². The number of nitrogen functional groups attached to an aromatic ring is 1. The van der Waals surface area contributed by atoms with Gasteiger partial charge in [0.2, 0.25) is 0 Å². The molecular weight excluding hydrogens is 346 g/mol. The van der Waals surface area contributed by atoms with Crippen molar-refractivity contribution in [3.05, 3.63) is 42.6 Å². The lowest BCUT2D eigenvalue weighted by Gasteiger charge is -2.16. The van der Waals surface area contributed by atoms with Gasteiger partial charge in [-0.1, -0.05) is 12.1 Å². The SMILES string of the molecule is Nc1ncnc2c1c(-c1ccc(F)cc1)cn2[C@@H]1O[C@H](CO)[C@H](F)[C@H]1O. The van der Waals surface area contributed by atoms with E-state index < -0.39 is 31.2 Å². The van der Waals surface area contributed by atoms with E-state index >= 15 is 0 Å². The highest BCUT2D eigenvalue weighted by molar-refractivity contribution is 6.00. The van der Waals surface area contributed by atoms with Gasteiger partial charge in [0, 0.05) is 11.8 Å². The van der Waals surface area contributed by atoms with Gasteiger partial charge in [-0.15, -0.1) is 0 Å². The number of alkyl halides is 1. The number of anilines is 1. The third-order valence-corrected chi connectivity index (χ3v) is 4.54. The molecule has 26 heavy (non-hydrogen) atoms. The minimum absolute atomic E-state index is 0.191. The first-order valence-corrected chi connectivity index (χ1v) is 7.96. The Balaban J connectivity index is 1.89. The highest BCUT2D eigenvalue weighted by Crippen LogP contribution is 2.38. The standard InChI is InChI=1S/C17H16F2N4O3/c18-9-3-1-8(2-4-9)10-5-23(16-12(10)15(20)21-7-22-16)17-14(25)13(19)11(6-24)26-17/h1-5,7,11,13-14,17,24-25H,6H2,(H2,20,21,22)/t11-,13+,14-,17-/m1/s1. The van der Waals surface area contributed by atoms with Gasteiger partial charge in [-0.3, -0.25) is 0 Å². The number of fused-ring (bicyclic) bond motifs is 1. The zero-order valence-corrected chi connectivity index (χ0v) is 13.5. The van der Waals surface area contributed by atoms with Crippen LogP contribution in [-0.4, -0.2) is 49.7 Å². The second kappa shape index (κ2) is 6.27. The van der Waals surface area contributed by atoms with Crippen LogP contribution in [0.5, 0.6) is 0 Å². The molecular formula is C17H16F2N4O3. The van der Waals surface area contributed by atoms with E-state index in [-0.39, 0.29) is 11.6 Å². The van der Waals surface area contributed by atoms with E-state index in [2.05, 4.69) is 9.97 Å². The Morgan fingerprint density at radius 1 is 1.23 bits per heavy atom. The number of ether oxygens (including phenoxy) is 1. The number of benzene rings is 1. The monoisotopic (exact) mass is 362 g/mol. The quantitative estimate of drug-likeness (QED) is 0.650. The van der Waals surface area contributed by atoms with Crippen molar-refractivity contribution in [3.63, 3.8) is 0 Å². The van der Waals surface area contributed by atoms with Crippen molar-refractivity contribution in [2.24, 2.45) is 0 Å². The zero-order chi connectivity index (χ0) is 18.4. The van der Waals surface area contributed by atoms with Crippen molar-refractivity contribution in [2.75, 3.05) is 12.3 Å². The molecule has 4 rings (SSSR count). The third-order valence-electron chi connectivity index (χ3n) is 4.54. The second-order valence-electron chi connectivity index (χ2n) is 6.10. The summed E-state index contributed by atoms with van der Waals surface area (Å²) >= 11 is 0. The molecule has 0 amide bonds. The second-order valence-corrected chi connectivity index (χ2v) is 6.10. The van der Waals surface area contributed by atoms with Crippen molar-refractivity contribution in [1.82, 2.24) is 14.5 Å². The first-order chi connectivity index (χ1) is 12.5. The van der Waals surface area contributed by atoms with Crippen molar-refractivity contribution in [3.8, 4) is 11.1 Å². The van der Waals surface area contributed by atoms with Crippen LogP contribution in [0.1, 0.15) is 6.23 Å². The first-order valence-electron chi connectivity index (χ1n) is 7.96. The number of aliphatic hydroxyl groups excluding tert-OH is 2. The van der Waals surface area contributed by atoms with Gasteiger partial charge in [0.05, 0.1) is 12.0 Å². The van der Waals surface area contributed by atoms with E-state index in [1.807, 2.05) is 0 Å². The summed E-state index contributed by atoms with van der Waals surface area (Å²) in [5.74, 6) is -0.196. The van der Waals surface area contributed by atoms with Crippen LogP contribution in [0.3, 0.4) is 0 Å². The van der Waals surface area contributed by atoms with E-state index in [0.717, 1.165) is 0 Å². The van der Waals surface area contributed by atoms with Gasteiger partial charge in [-0.25, -0.2) is 18.7 Å². The maximum Gasteiger partial charge on any atom is 0.164 e. The fraction of sp³-hybridized carbons (Fsp3) is 0.294. The summed E-state index contributed by atoms with van der Waals surface area (Å²) in [6.07, 6.45) is -2.60. The van der Waals surface area contributed by atoms with Crippen LogP contribution in [0.15, 0.2) is 36.8 Å². The molecule has 1 aliphatic heterocycles. The van der Waals surface area contributed by atoms with Gasteiger partial charge in [-0.05, 0) is 17.7 Å². The molecule has 0 spiro atoms. The molecule has 9 heteroatoms. The number of halogens is 2. The van der Waals surface area contributed by atoms with Gasteiger partial charge in [0.25, 0.3) is 0 Å². The number of nitrogens with two attached hydrogens (primary N) is 1. The summed E-state index contributed by atoms with van der Waals surface area (Å²) < 4.78 is 34.3. The topological polar surface area (TPSA) is 106 Å². The Morgan fingerprint density at radius 2 is 1.96 bits per heavy atom. The molecule has 3 heterocycles. The molecule has 4 atom stereocenters.